The average molecular weight is 465 g/mol. The van der Waals surface area contributed by atoms with Crippen LogP contribution in [0.5, 0.6) is 17.2 Å². The molecule has 0 unspecified atom stereocenters. The summed E-state index contributed by atoms with van der Waals surface area (Å²) in [5, 5.41) is 0. The van der Waals surface area contributed by atoms with Crippen molar-refractivity contribution in [2.45, 2.75) is 6.92 Å². The average Bonchev–Trinajstić information content (AvgIpc) is 3.05. The van der Waals surface area contributed by atoms with E-state index in [1.807, 2.05) is 24.3 Å². The summed E-state index contributed by atoms with van der Waals surface area (Å²) in [4.78, 5) is 25.3. The van der Waals surface area contributed by atoms with Crippen LogP contribution in [0.3, 0.4) is 0 Å². The van der Waals surface area contributed by atoms with Crippen molar-refractivity contribution >= 4 is 33.8 Å². The van der Waals surface area contributed by atoms with Gasteiger partial charge in [-0.15, -0.1) is 0 Å². The van der Waals surface area contributed by atoms with Crippen molar-refractivity contribution < 1.29 is 23.8 Å². The van der Waals surface area contributed by atoms with Crippen molar-refractivity contribution in [3.05, 3.63) is 93.1 Å². The fourth-order valence-corrected chi connectivity index (χ4v) is 3.56. The van der Waals surface area contributed by atoms with E-state index in [0.717, 1.165) is 10.0 Å². The zero-order valence-corrected chi connectivity index (χ0v) is 17.9. The van der Waals surface area contributed by atoms with Crippen LogP contribution in [0, 0.1) is 6.92 Å². The van der Waals surface area contributed by atoms with E-state index < -0.39 is 5.97 Å². The molecule has 0 bridgehead atoms. The van der Waals surface area contributed by atoms with Crippen LogP contribution in [0.2, 0.25) is 0 Å². The minimum absolute atomic E-state index is 0.203. The Balaban J connectivity index is 1.59. The highest BCUT2D eigenvalue weighted by Gasteiger charge is 2.30. The van der Waals surface area contributed by atoms with Crippen LogP contribution < -0.4 is 14.2 Å². The fraction of sp³-hybridized carbons (Fsp3) is 0.0833. The van der Waals surface area contributed by atoms with E-state index in [-0.39, 0.29) is 11.5 Å². The van der Waals surface area contributed by atoms with Crippen molar-refractivity contribution in [2.24, 2.45) is 0 Å². The third kappa shape index (κ3) is 3.86. The standard InChI is InChI=1S/C24H17BrO5/c1-14-11-18(29-24(27)15-7-9-17(28-2)10-8-15)13-20-22(14)23(26)21(30-20)12-16-5-3-4-6-19(16)25/h3-13H,1-2H3/b21-12-. The summed E-state index contributed by atoms with van der Waals surface area (Å²) in [6.45, 7) is 1.78. The summed E-state index contributed by atoms with van der Waals surface area (Å²) in [7, 11) is 1.56. The summed E-state index contributed by atoms with van der Waals surface area (Å²) in [6.07, 6.45) is 1.69. The second kappa shape index (κ2) is 8.16. The highest BCUT2D eigenvalue weighted by Crippen LogP contribution is 2.38. The van der Waals surface area contributed by atoms with Gasteiger partial charge in [0.05, 0.1) is 18.2 Å². The van der Waals surface area contributed by atoms with Gasteiger partial charge in [-0.25, -0.2) is 4.79 Å². The molecular weight excluding hydrogens is 448 g/mol. The van der Waals surface area contributed by atoms with Gasteiger partial charge in [0.25, 0.3) is 0 Å². The van der Waals surface area contributed by atoms with Gasteiger partial charge in [0.2, 0.25) is 5.78 Å². The first-order chi connectivity index (χ1) is 14.5. The lowest BCUT2D eigenvalue weighted by molar-refractivity contribution is 0.0734. The van der Waals surface area contributed by atoms with Crippen molar-refractivity contribution in [3.8, 4) is 17.2 Å². The summed E-state index contributed by atoms with van der Waals surface area (Å²) >= 11 is 3.47. The van der Waals surface area contributed by atoms with Gasteiger partial charge in [-0.05, 0) is 60.5 Å². The Kier molecular flexibility index (Phi) is 5.42. The van der Waals surface area contributed by atoms with Gasteiger partial charge in [-0.1, -0.05) is 34.1 Å². The summed E-state index contributed by atoms with van der Waals surface area (Å²) in [5.74, 6) is 0.837. The number of fused-ring (bicyclic) bond motifs is 1. The number of carbonyl (C=O) groups is 2. The molecule has 0 fully saturated rings. The van der Waals surface area contributed by atoms with E-state index in [4.69, 9.17) is 14.2 Å². The SMILES string of the molecule is COc1ccc(C(=O)Oc2cc(C)c3c(c2)O/C(=C\c2ccccc2Br)C3=O)cc1. The summed E-state index contributed by atoms with van der Waals surface area (Å²) in [5.41, 5.74) is 2.36. The number of ketones is 1. The predicted octanol–water partition coefficient (Wildman–Crippen LogP) is 5.60. The van der Waals surface area contributed by atoms with Crippen LogP contribution in [0.1, 0.15) is 31.8 Å². The fourth-order valence-electron chi connectivity index (χ4n) is 3.16. The lowest BCUT2D eigenvalue weighted by Crippen LogP contribution is -2.08. The second-order valence-corrected chi connectivity index (χ2v) is 7.55. The van der Waals surface area contributed by atoms with Gasteiger partial charge < -0.3 is 14.2 Å². The molecule has 0 aliphatic carbocycles. The Hall–Kier alpha value is -3.38. The van der Waals surface area contributed by atoms with Crippen molar-refractivity contribution in [2.75, 3.05) is 7.11 Å². The normalized spacial score (nSPS) is 13.7. The third-order valence-corrected chi connectivity index (χ3v) is 5.39. The molecule has 150 valence electrons. The zero-order valence-electron chi connectivity index (χ0n) is 16.3. The topological polar surface area (TPSA) is 61.8 Å². The van der Waals surface area contributed by atoms with Crippen LogP contribution in [0.4, 0.5) is 0 Å². The quantitative estimate of drug-likeness (QED) is 0.285. The number of benzene rings is 3. The summed E-state index contributed by atoms with van der Waals surface area (Å²) < 4.78 is 17.2. The van der Waals surface area contributed by atoms with Gasteiger partial charge in [0.15, 0.2) is 5.76 Å². The number of aryl methyl sites for hydroxylation is 1. The molecule has 3 aromatic rings. The molecule has 0 atom stereocenters. The van der Waals surface area contributed by atoms with Gasteiger partial charge in [0, 0.05) is 10.5 Å². The maximum Gasteiger partial charge on any atom is 0.343 e. The Bertz CT molecular complexity index is 1180. The number of methoxy groups -OCH3 is 1. The lowest BCUT2D eigenvalue weighted by Gasteiger charge is -2.08. The molecule has 3 aromatic carbocycles. The third-order valence-electron chi connectivity index (χ3n) is 4.67. The number of esters is 1. The second-order valence-electron chi connectivity index (χ2n) is 6.69. The molecule has 1 heterocycles. The first kappa shape index (κ1) is 19.9. The van der Waals surface area contributed by atoms with Gasteiger partial charge in [-0.3, -0.25) is 4.79 Å². The van der Waals surface area contributed by atoms with E-state index in [2.05, 4.69) is 15.9 Å². The highest BCUT2D eigenvalue weighted by atomic mass is 79.9. The number of halogens is 1. The molecule has 30 heavy (non-hydrogen) atoms. The Labute approximate surface area is 182 Å². The first-order valence-electron chi connectivity index (χ1n) is 9.16. The van der Waals surface area contributed by atoms with Crippen LogP contribution >= 0.6 is 15.9 Å². The molecule has 0 spiro atoms. The number of allylic oxidation sites excluding steroid dienone is 1. The van der Waals surface area contributed by atoms with Gasteiger partial charge in [0.1, 0.15) is 17.2 Å². The monoisotopic (exact) mass is 464 g/mol. The van der Waals surface area contributed by atoms with E-state index in [9.17, 15) is 9.59 Å². The Morgan fingerprint density at radius 1 is 1.03 bits per heavy atom. The largest absolute Gasteiger partial charge is 0.497 e. The van der Waals surface area contributed by atoms with Crippen molar-refractivity contribution in [1.29, 1.82) is 0 Å². The maximum atomic E-state index is 12.8. The molecule has 5 nitrogen and oxygen atoms in total. The number of hydrogen-bond acceptors (Lipinski definition) is 5. The minimum Gasteiger partial charge on any atom is -0.497 e. The van der Waals surface area contributed by atoms with Crippen LogP contribution in [0.25, 0.3) is 6.08 Å². The predicted molar refractivity (Wildman–Crippen MR) is 116 cm³/mol. The van der Waals surface area contributed by atoms with E-state index >= 15 is 0 Å². The van der Waals surface area contributed by atoms with Crippen molar-refractivity contribution in [3.63, 3.8) is 0 Å². The number of ether oxygens (including phenoxy) is 3. The maximum absolute atomic E-state index is 12.8. The number of rotatable bonds is 4. The van der Waals surface area contributed by atoms with Crippen LogP contribution in [-0.4, -0.2) is 18.9 Å². The van der Waals surface area contributed by atoms with Crippen molar-refractivity contribution in [1.82, 2.24) is 0 Å². The Morgan fingerprint density at radius 3 is 2.47 bits per heavy atom. The molecule has 0 N–H and O–H groups in total. The van der Waals surface area contributed by atoms with Crippen LogP contribution in [0.15, 0.2) is 70.9 Å². The zero-order chi connectivity index (χ0) is 21.3. The molecule has 1 aliphatic rings. The molecule has 0 amide bonds. The molecule has 0 aromatic heterocycles. The minimum atomic E-state index is -0.509. The molecular formula is C24H17BrO5. The Morgan fingerprint density at radius 2 is 1.77 bits per heavy atom. The van der Waals surface area contributed by atoms with Crippen LogP contribution in [-0.2, 0) is 0 Å². The van der Waals surface area contributed by atoms with E-state index in [0.29, 0.717) is 33.9 Å². The smallest absolute Gasteiger partial charge is 0.343 e. The van der Waals surface area contributed by atoms with Gasteiger partial charge >= 0.3 is 5.97 Å². The molecule has 0 radical (unpaired) electrons. The molecule has 4 rings (SSSR count). The molecule has 6 heteroatoms. The molecule has 1 aliphatic heterocycles. The lowest BCUT2D eigenvalue weighted by atomic mass is 10.0. The molecule has 0 saturated heterocycles. The molecule has 0 saturated carbocycles. The van der Waals surface area contributed by atoms with E-state index in [1.54, 1.807) is 56.5 Å². The number of carbonyl (C=O) groups excluding carboxylic acids is 2. The number of hydrogen-bond donors (Lipinski definition) is 0. The summed E-state index contributed by atoms with van der Waals surface area (Å²) in [6, 6.07) is 17.4. The highest BCUT2D eigenvalue weighted by molar-refractivity contribution is 9.10. The number of Topliss-reactive ketones (excluding diaryl/α,β-unsaturated/α-hetero) is 1. The first-order valence-corrected chi connectivity index (χ1v) is 9.95. The van der Waals surface area contributed by atoms with E-state index in [1.165, 1.54) is 0 Å². The van der Waals surface area contributed by atoms with Gasteiger partial charge in [-0.2, -0.15) is 0 Å².